The molecule has 26 heavy (non-hydrogen) atoms. The van der Waals surface area contributed by atoms with Crippen LogP contribution in [0.4, 0.5) is 0 Å². The van der Waals surface area contributed by atoms with E-state index in [0.29, 0.717) is 34.1 Å². The van der Waals surface area contributed by atoms with Crippen LogP contribution in [0.15, 0.2) is 42.2 Å². The quantitative estimate of drug-likeness (QED) is 0.796. The Morgan fingerprint density at radius 2 is 1.88 bits per heavy atom. The van der Waals surface area contributed by atoms with Gasteiger partial charge in [0.2, 0.25) is 5.78 Å². The number of ether oxygens (including phenoxy) is 4. The number of allylic oxidation sites excluding steroid dienone is 1. The number of fused-ring (bicyclic) bond motifs is 1. The largest absolute Gasteiger partial charge is 0.497 e. The summed E-state index contributed by atoms with van der Waals surface area (Å²) in [6.07, 6.45) is 1.57. The number of methoxy groups -OCH3 is 2. The summed E-state index contributed by atoms with van der Waals surface area (Å²) in [6.45, 7) is -0.476. The summed E-state index contributed by atoms with van der Waals surface area (Å²) in [5.74, 6) is 0.552. The third kappa shape index (κ3) is 3.46. The molecule has 0 spiro atoms. The maximum absolute atomic E-state index is 12.5. The van der Waals surface area contributed by atoms with Crippen LogP contribution in [0.25, 0.3) is 6.08 Å². The summed E-state index contributed by atoms with van der Waals surface area (Å²) < 4.78 is 21.2. The van der Waals surface area contributed by atoms with Crippen LogP contribution in [0.3, 0.4) is 0 Å². The lowest BCUT2D eigenvalue weighted by Crippen LogP contribution is -2.09. The average molecular weight is 356 g/mol. The molecule has 1 aliphatic heterocycles. The maximum atomic E-state index is 12.5. The van der Waals surface area contributed by atoms with Gasteiger partial charge in [0, 0.05) is 11.6 Å². The smallest absolute Gasteiger partial charge is 0.341 e. The molecule has 3 rings (SSSR count). The van der Waals surface area contributed by atoms with E-state index >= 15 is 0 Å². The topological polar surface area (TPSA) is 91.3 Å². The highest BCUT2D eigenvalue weighted by molar-refractivity contribution is 6.14. The fourth-order valence-corrected chi connectivity index (χ4v) is 2.50. The minimum Gasteiger partial charge on any atom is -0.497 e. The number of carboxylic acid groups (broad SMARTS) is 1. The lowest BCUT2D eigenvalue weighted by atomic mass is 10.1. The van der Waals surface area contributed by atoms with Crippen molar-refractivity contribution in [2.75, 3.05) is 20.8 Å². The van der Waals surface area contributed by atoms with Gasteiger partial charge in [0.25, 0.3) is 0 Å². The maximum Gasteiger partial charge on any atom is 0.341 e. The van der Waals surface area contributed by atoms with E-state index in [1.54, 1.807) is 37.5 Å². The molecule has 0 fully saturated rings. The fraction of sp³-hybridized carbons (Fsp3) is 0.158. The molecular weight excluding hydrogens is 340 g/mol. The molecule has 2 aromatic carbocycles. The first-order valence-electron chi connectivity index (χ1n) is 7.66. The summed E-state index contributed by atoms with van der Waals surface area (Å²) in [6, 6.07) is 9.76. The van der Waals surface area contributed by atoms with Gasteiger partial charge in [0.05, 0.1) is 19.8 Å². The zero-order valence-electron chi connectivity index (χ0n) is 14.1. The monoisotopic (exact) mass is 356 g/mol. The van der Waals surface area contributed by atoms with E-state index < -0.39 is 12.6 Å². The molecule has 1 aliphatic rings. The number of hydrogen-bond acceptors (Lipinski definition) is 6. The molecule has 0 saturated carbocycles. The molecule has 0 atom stereocenters. The average Bonchev–Trinajstić information content (AvgIpc) is 2.95. The van der Waals surface area contributed by atoms with Gasteiger partial charge in [0.1, 0.15) is 23.0 Å². The summed E-state index contributed by atoms with van der Waals surface area (Å²) in [7, 11) is 3.08. The Balaban J connectivity index is 1.90. The molecule has 7 heteroatoms. The van der Waals surface area contributed by atoms with Gasteiger partial charge in [0.15, 0.2) is 12.4 Å². The number of carboxylic acids is 1. The highest BCUT2D eigenvalue weighted by Crippen LogP contribution is 2.36. The number of Topliss-reactive ketones (excluding diaryl/α,β-unsaturated/α-hetero) is 1. The van der Waals surface area contributed by atoms with E-state index in [2.05, 4.69) is 0 Å². The first-order chi connectivity index (χ1) is 12.5. The standard InChI is InChI=1S/C19H16O7/c1-23-12-4-6-15(24-2)11(7-12)8-17-19(22)14-5-3-13(9-16(14)26-17)25-10-18(20)21/h3-9H,10H2,1-2H3,(H,20,21). The molecule has 7 nitrogen and oxygen atoms in total. The van der Waals surface area contributed by atoms with Gasteiger partial charge >= 0.3 is 5.97 Å². The lowest BCUT2D eigenvalue weighted by Gasteiger charge is -2.08. The summed E-state index contributed by atoms with van der Waals surface area (Å²) in [5, 5.41) is 8.67. The minimum absolute atomic E-state index is 0.127. The molecule has 0 unspecified atom stereocenters. The number of aliphatic carboxylic acids is 1. The van der Waals surface area contributed by atoms with Gasteiger partial charge in [-0.05, 0) is 36.4 Å². The predicted molar refractivity (Wildman–Crippen MR) is 92.1 cm³/mol. The van der Waals surface area contributed by atoms with Crippen molar-refractivity contribution in [3.05, 3.63) is 53.3 Å². The number of rotatable bonds is 6. The molecule has 1 N–H and O–H groups in total. The molecule has 134 valence electrons. The molecule has 0 amide bonds. The van der Waals surface area contributed by atoms with Crippen molar-refractivity contribution in [1.82, 2.24) is 0 Å². The zero-order chi connectivity index (χ0) is 18.7. The highest BCUT2D eigenvalue weighted by Gasteiger charge is 2.28. The molecular formula is C19H16O7. The van der Waals surface area contributed by atoms with Crippen LogP contribution in [0.5, 0.6) is 23.0 Å². The minimum atomic E-state index is -1.09. The van der Waals surface area contributed by atoms with E-state index in [1.807, 2.05) is 0 Å². The summed E-state index contributed by atoms with van der Waals surface area (Å²) >= 11 is 0. The van der Waals surface area contributed by atoms with E-state index in [1.165, 1.54) is 19.2 Å². The van der Waals surface area contributed by atoms with Gasteiger partial charge < -0.3 is 24.1 Å². The van der Waals surface area contributed by atoms with Gasteiger partial charge in [-0.25, -0.2) is 4.79 Å². The summed E-state index contributed by atoms with van der Waals surface area (Å²) in [5.41, 5.74) is 1.01. The van der Waals surface area contributed by atoms with Crippen LogP contribution < -0.4 is 18.9 Å². The second-order valence-corrected chi connectivity index (χ2v) is 5.39. The Kier molecular flexibility index (Phi) is 4.79. The SMILES string of the molecule is COc1ccc(OC)c(C=C2Oc3cc(OCC(=O)O)ccc3C2=O)c1. The fourth-order valence-electron chi connectivity index (χ4n) is 2.50. The van der Waals surface area contributed by atoms with Crippen LogP contribution in [0, 0.1) is 0 Å². The number of carbonyl (C=O) groups is 2. The molecule has 0 aromatic heterocycles. The molecule has 1 heterocycles. The van der Waals surface area contributed by atoms with Crippen molar-refractivity contribution in [2.45, 2.75) is 0 Å². The van der Waals surface area contributed by atoms with E-state index in [9.17, 15) is 9.59 Å². The van der Waals surface area contributed by atoms with E-state index in [-0.39, 0.29) is 11.5 Å². The first-order valence-corrected chi connectivity index (χ1v) is 7.66. The van der Waals surface area contributed by atoms with Crippen LogP contribution in [0.1, 0.15) is 15.9 Å². The molecule has 0 bridgehead atoms. The van der Waals surface area contributed by atoms with Crippen LogP contribution in [-0.4, -0.2) is 37.7 Å². The highest BCUT2D eigenvalue weighted by atomic mass is 16.5. The number of hydrogen-bond donors (Lipinski definition) is 1. The Morgan fingerprint density at radius 3 is 2.58 bits per heavy atom. The Bertz CT molecular complexity index is 899. The Hall–Kier alpha value is -3.48. The van der Waals surface area contributed by atoms with Gasteiger partial charge in [-0.3, -0.25) is 4.79 Å². The number of benzene rings is 2. The normalized spacial score (nSPS) is 13.9. The van der Waals surface area contributed by atoms with Crippen LogP contribution >= 0.6 is 0 Å². The number of ketones is 1. The van der Waals surface area contributed by atoms with Crippen LogP contribution in [0.2, 0.25) is 0 Å². The van der Waals surface area contributed by atoms with Crippen molar-refractivity contribution in [2.24, 2.45) is 0 Å². The molecule has 0 aliphatic carbocycles. The van der Waals surface area contributed by atoms with Gasteiger partial charge in [-0.1, -0.05) is 0 Å². The van der Waals surface area contributed by atoms with Crippen molar-refractivity contribution < 1.29 is 33.6 Å². The second kappa shape index (κ2) is 7.18. The van der Waals surface area contributed by atoms with E-state index in [0.717, 1.165) is 0 Å². The molecule has 2 aromatic rings. The lowest BCUT2D eigenvalue weighted by molar-refractivity contribution is -0.139. The van der Waals surface area contributed by atoms with Crippen molar-refractivity contribution in [3.8, 4) is 23.0 Å². The molecule has 0 radical (unpaired) electrons. The Labute approximate surface area is 149 Å². The predicted octanol–water partition coefficient (Wildman–Crippen LogP) is 2.78. The first kappa shape index (κ1) is 17.3. The van der Waals surface area contributed by atoms with Crippen molar-refractivity contribution in [1.29, 1.82) is 0 Å². The summed E-state index contributed by atoms with van der Waals surface area (Å²) in [4.78, 5) is 23.1. The van der Waals surface area contributed by atoms with Gasteiger partial charge in [-0.2, -0.15) is 0 Å². The van der Waals surface area contributed by atoms with Crippen molar-refractivity contribution in [3.63, 3.8) is 0 Å². The number of carbonyl (C=O) groups excluding carboxylic acids is 1. The van der Waals surface area contributed by atoms with Crippen molar-refractivity contribution >= 4 is 17.8 Å². The van der Waals surface area contributed by atoms with Gasteiger partial charge in [-0.15, -0.1) is 0 Å². The zero-order valence-corrected chi connectivity index (χ0v) is 14.1. The molecule has 0 saturated heterocycles. The third-order valence-corrected chi connectivity index (χ3v) is 3.73. The van der Waals surface area contributed by atoms with Crippen LogP contribution in [-0.2, 0) is 4.79 Å². The van der Waals surface area contributed by atoms with E-state index in [4.69, 9.17) is 24.1 Å². The second-order valence-electron chi connectivity index (χ2n) is 5.39. The third-order valence-electron chi connectivity index (χ3n) is 3.73. The Morgan fingerprint density at radius 1 is 1.12 bits per heavy atom.